The maximum absolute atomic E-state index is 12.9. The van der Waals surface area contributed by atoms with Crippen LogP contribution in [0, 0.1) is 11.7 Å². The number of halogens is 1. The van der Waals surface area contributed by atoms with E-state index in [-0.39, 0.29) is 23.7 Å². The van der Waals surface area contributed by atoms with Crippen LogP contribution in [0.1, 0.15) is 32.4 Å². The number of hydrogen-bond acceptors (Lipinski definition) is 1. The Morgan fingerprint density at radius 3 is 2.53 bits per heavy atom. The molecule has 1 amide bonds. The quantitative estimate of drug-likeness (QED) is 0.814. The summed E-state index contributed by atoms with van der Waals surface area (Å²) in [6.07, 6.45) is 0. The van der Waals surface area contributed by atoms with Crippen molar-refractivity contribution in [1.29, 1.82) is 0 Å². The molecule has 0 bridgehead atoms. The lowest BCUT2D eigenvalue weighted by atomic mass is 10.1. The Balaban J connectivity index is 2.69. The molecule has 3 heteroatoms. The first-order valence-electron chi connectivity index (χ1n) is 5.06. The summed E-state index contributed by atoms with van der Waals surface area (Å²) < 4.78 is 12.9. The lowest BCUT2D eigenvalue weighted by Crippen LogP contribution is -2.30. The van der Waals surface area contributed by atoms with Crippen molar-refractivity contribution in [1.82, 2.24) is 5.32 Å². The second kappa shape index (κ2) is 4.91. The lowest BCUT2D eigenvalue weighted by molar-refractivity contribution is -0.124. The Labute approximate surface area is 89.5 Å². The molecule has 82 valence electrons. The molecule has 0 unspecified atom stereocenters. The molecule has 1 atom stereocenters. The third-order valence-corrected chi connectivity index (χ3v) is 2.23. The Morgan fingerprint density at radius 1 is 1.33 bits per heavy atom. The molecule has 1 N–H and O–H groups in total. The summed E-state index contributed by atoms with van der Waals surface area (Å²) in [5.74, 6) is -0.356. The number of benzene rings is 1. The van der Waals surface area contributed by atoms with Crippen LogP contribution in [-0.4, -0.2) is 5.91 Å². The highest BCUT2D eigenvalue weighted by Gasteiger charge is 2.12. The summed E-state index contributed by atoms with van der Waals surface area (Å²) in [6, 6.07) is 6.11. The molecule has 0 radical (unpaired) electrons. The second-order valence-electron chi connectivity index (χ2n) is 3.94. The summed E-state index contributed by atoms with van der Waals surface area (Å²) in [6.45, 7) is 5.50. The predicted octanol–water partition coefficient (Wildman–Crippen LogP) is 2.66. The molecule has 0 aromatic heterocycles. The first-order valence-corrected chi connectivity index (χ1v) is 5.06. The molecular weight excluding hydrogens is 193 g/mol. The summed E-state index contributed by atoms with van der Waals surface area (Å²) in [5.41, 5.74) is 0.781. The molecule has 0 aliphatic heterocycles. The van der Waals surface area contributed by atoms with Gasteiger partial charge in [-0.1, -0.05) is 26.0 Å². The molecule has 1 aromatic carbocycles. The normalized spacial score (nSPS) is 12.6. The summed E-state index contributed by atoms with van der Waals surface area (Å²) in [5, 5.41) is 2.82. The summed E-state index contributed by atoms with van der Waals surface area (Å²) in [4.78, 5) is 11.4. The van der Waals surface area contributed by atoms with Gasteiger partial charge in [-0.25, -0.2) is 4.39 Å². The van der Waals surface area contributed by atoms with Gasteiger partial charge >= 0.3 is 0 Å². The number of carbonyl (C=O) groups is 1. The van der Waals surface area contributed by atoms with Crippen LogP contribution in [0.15, 0.2) is 24.3 Å². The third-order valence-electron chi connectivity index (χ3n) is 2.23. The van der Waals surface area contributed by atoms with Gasteiger partial charge in [-0.2, -0.15) is 0 Å². The molecule has 0 saturated heterocycles. The summed E-state index contributed by atoms with van der Waals surface area (Å²) in [7, 11) is 0. The largest absolute Gasteiger partial charge is 0.349 e. The number of carbonyl (C=O) groups excluding carboxylic acids is 1. The van der Waals surface area contributed by atoms with E-state index in [0.29, 0.717) is 0 Å². The average Bonchev–Trinajstić information content (AvgIpc) is 2.17. The van der Waals surface area contributed by atoms with Crippen molar-refractivity contribution in [2.45, 2.75) is 26.8 Å². The van der Waals surface area contributed by atoms with Gasteiger partial charge in [0, 0.05) is 5.92 Å². The van der Waals surface area contributed by atoms with Crippen LogP contribution in [0.5, 0.6) is 0 Å². The maximum atomic E-state index is 12.9. The Hall–Kier alpha value is -1.38. The van der Waals surface area contributed by atoms with E-state index in [4.69, 9.17) is 0 Å². The van der Waals surface area contributed by atoms with Crippen molar-refractivity contribution in [3.8, 4) is 0 Å². The minimum Gasteiger partial charge on any atom is -0.349 e. The second-order valence-corrected chi connectivity index (χ2v) is 3.94. The summed E-state index contributed by atoms with van der Waals surface area (Å²) >= 11 is 0. The smallest absolute Gasteiger partial charge is 0.223 e. The van der Waals surface area contributed by atoms with Gasteiger partial charge in [0.15, 0.2) is 0 Å². The van der Waals surface area contributed by atoms with E-state index in [1.165, 1.54) is 12.1 Å². The van der Waals surface area contributed by atoms with E-state index in [1.54, 1.807) is 12.1 Å². The fourth-order valence-corrected chi connectivity index (χ4v) is 1.24. The van der Waals surface area contributed by atoms with Gasteiger partial charge in [-0.15, -0.1) is 0 Å². The van der Waals surface area contributed by atoms with Crippen LogP contribution >= 0.6 is 0 Å². The third kappa shape index (κ3) is 3.35. The molecule has 1 rings (SSSR count). The fourth-order valence-electron chi connectivity index (χ4n) is 1.24. The first-order chi connectivity index (χ1) is 7.00. The monoisotopic (exact) mass is 209 g/mol. The van der Waals surface area contributed by atoms with E-state index in [9.17, 15) is 9.18 Å². The maximum Gasteiger partial charge on any atom is 0.223 e. The van der Waals surface area contributed by atoms with Crippen LogP contribution < -0.4 is 5.32 Å². The van der Waals surface area contributed by atoms with Crippen LogP contribution in [-0.2, 0) is 4.79 Å². The fraction of sp³-hybridized carbons (Fsp3) is 0.417. The van der Waals surface area contributed by atoms with E-state index in [1.807, 2.05) is 20.8 Å². The molecule has 0 spiro atoms. The SMILES string of the molecule is CC(C)C(=O)N[C@@H](C)c1cccc(F)c1. The van der Waals surface area contributed by atoms with E-state index in [2.05, 4.69) is 5.32 Å². The molecule has 0 fully saturated rings. The highest BCUT2D eigenvalue weighted by atomic mass is 19.1. The zero-order chi connectivity index (χ0) is 11.4. The van der Waals surface area contributed by atoms with Gasteiger partial charge in [0.1, 0.15) is 5.82 Å². The lowest BCUT2D eigenvalue weighted by Gasteiger charge is -2.15. The van der Waals surface area contributed by atoms with Crippen molar-refractivity contribution < 1.29 is 9.18 Å². The topological polar surface area (TPSA) is 29.1 Å². The Kier molecular flexibility index (Phi) is 3.83. The van der Waals surface area contributed by atoms with Crippen molar-refractivity contribution in [3.63, 3.8) is 0 Å². The number of hydrogen-bond donors (Lipinski definition) is 1. The average molecular weight is 209 g/mol. The van der Waals surface area contributed by atoms with Gasteiger partial charge in [-0.3, -0.25) is 4.79 Å². The van der Waals surface area contributed by atoms with Crippen molar-refractivity contribution in [2.24, 2.45) is 5.92 Å². The van der Waals surface area contributed by atoms with Gasteiger partial charge in [-0.05, 0) is 24.6 Å². The predicted molar refractivity (Wildman–Crippen MR) is 57.8 cm³/mol. The van der Waals surface area contributed by atoms with Crippen molar-refractivity contribution >= 4 is 5.91 Å². The van der Waals surface area contributed by atoms with Crippen molar-refractivity contribution in [3.05, 3.63) is 35.6 Å². The highest BCUT2D eigenvalue weighted by Crippen LogP contribution is 2.13. The van der Waals surface area contributed by atoms with Crippen LogP contribution in [0.3, 0.4) is 0 Å². The van der Waals surface area contributed by atoms with Gasteiger partial charge in [0.25, 0.3) is 0 Å². The standard InChI is InChI=1S/C12H16FNO/c1-8(2)12(15)14-9(3)10-5-4-6-11(13)7-10/h4-9H,1-3H3,(H,14,15)/t9-/m0/s1. The van der Waals surface area contributed by atoms with Gasteiger partial charge < -0.3 is 5.32 Å². The molecule has 0 heterocycles. The van der Waals surface area contributed by atoms with E-state index >= 15 is 0 Å². The molecule has 1 aromatic rings. The minimum absolute atomic E-state index is 0.0215. The number of rotatable bonds is 3. The van der Waals surface area contributed by atoms with Gasteiger partial charge in [0.2, 0.25) is 5.91 Å². The van der Waals surface area contributed by atoms with E-state index in [0.717, 1.165) is 5.56 Å². The Bertz CT molecular complexity index is 349. The molecule has 0 aliphatic carbocycles. The van der Waals surface area contributed by atoms with Crippen molar-refractivity contribution in [2.75, 3.05) is 0 Å². The van der Waals surface area contributed by atoms with Gasteiger partial charge in [0.05, 0.1) is 6.04 Å². The molecule has 15 heavy (non-hydrogen) atoms. The Morgan fingerprint density at radius 2 is 2.00 bits per heavy atom. The van der Waals surface area contributed by atoms with Crippen LogP contribution in [0.25, 0.3) is 0 Å². The zero-order valence-corrected chi connectivity index (χ0v) is 9.25. The minimum atomic E-state index is -0.279. The molecule has 0 saturated carbocycles. The highest BCUT2D eigenvalue weighted by molar-refractivity contribution is 5.78. The number of nitrogens with one attached hydrogen (secondary N) is 1. The molecule has 2 nitrogen and oxygen atoms in total. The molecule has 0 aliphatic rings. The van der Waals surface area contributed by atoms with Crippen LogP contribution in [0.2, 0.25) is 0 Å². The van der Waals surface area contributed by atoms with E-state index < -0.39 is 0 Å². The first kappa shape index (κ1) is 11.7. The zero-order valence-electron chi connectivity index (χ0n) is 9.25. The molecular formula is C12H16FNO. The van der Waals surface area contributed by atoms with Crippen LogP contribution in [0.4, 0.5) is 4.39 Å². The number of amides is 1.